The van der Waals surface area contributed by atoms with Gasteiger partial charge in [0.1, 0.15) is 18.9 Å². The fourth-order valence-electron chi connectivity index (χ4n) is 1.55. The number of hydrogen-bond donors (Lipinski definition) is 0. The van der Waals surface area contributed by atoms with Crippen molar-refractivity contribution in [3.8, 4) is 0 Å². The highest BCUT2D eigenvalue weighted by Crippen LogP contribution is 2.15. The zero-order chi connectivity index (χ0) is 11.1. The first kappa shape index (κ1) is 11.3. The Labute approximate surface area is 88.1 Å². The maximum atomic E-state index is 10.8. The van der Waals surface area contributed by atoms with Gasteiger partial charge >= 0.3 is 0 Å². The van der Waals surface area contributed by atoms with Gasteiger partial charge in [-0.3, -0.25) is 4.79 Å². The van der Waals surface area contributed by atoms with Crippen LogP contribution in [-0.2, 0) is 22.4 Å². The minimum atomic E-state index is 0.288. The van der Waals surface area contributed by atoms with Crippen molar-refractivity contribution in [1.29, 1.82) is 0 Å². The molecule has 1 aromatic rings. The zero-order valence-electron chi connectivity index (χ0n) is 8.31. The number of aldehydes is 3. The van der Waals surface area contributed by atoms with Gasteiger partial charge in [-0.05, 0) is 17.5 Å². The Balaban J connectivity index is 3.07. The van der Waals surface area contributed by atoms with Crippen LogP contribution in [0.3, 0.4) is 0 Å². The van der Waals surface area contributed by atoms with E-state index in [2.05, 4.69) is 0 Å². The molecule has 0 bridgehead atoms. The van der Waals surface area contributed by atoms with E-state index < -0.39 is 0 Å². The van der Waals surface area contributed by atoms with E-state index in [1.807, 2.05) is 6.07 Å². The topological polar surface area (TPSA) is 51.2 Å². The molecular formula is C12H12O3. The highest BCUT2D eigenvalue weighted by Gasteiger charge is 2.06. The lowest BCUT2D eigenvalue weighted by Gasteiger charge is -2.08. The molecule has 0 aliphatic heterocycles. The van der Waals surface area contributed by atoms with Crippen LogP contribution in [-0.4, -0.2) is 18.9 Å². The molecule has 78 valence electrons. The Hall–Kier alpha value is -1.77. The number of carbonyl (C=O) groups excluding carboxylic acids is 3. The molecule has 0 radical (unpaired) electrons. The van der Waals surface area contributed by atoms with Crippen molar-refractivity contribution >= 4 is 18.9 Å². The third-order valence-corrected chi connectivity index (χ3v) is 2.25. The van der Waals surface area contributed by atoms with E-state index in [4.69, 9.17) is 0 Å². The van der Waals surface area contributed by atoms with Gasteiger partial charge < -0.3 is 9.59 Å². The van der Waals surface area contributed by atoms with Crippen LogP contribution < -0.4 is 0 Å². The third-order valence-electron chi connectivity index (χ3n) is 2.25. The lowest BCUT2D eigenvalue weighted by molar-refractivity contribution is -0.108. The third kappa shape index (κ3) is 2.84. The summed E-state index contributed by atoms with van der Waals surface area (Å²) < 4.78 is 0. The van der Waals surface area contributed by atoms with E-state index >= 15 is 0 Å². The van der Waals surface area contributed by atoms with Crippen LogP contribution in [0.1, 0.15) is 27.9 Å². The SMILES string of the molecule is O=CCCc1c(C=O)cccc1CC=O. The smallest absolute Gasteiger partial charge is 0.150 e. The summed E-state index contributed by atoms with van der Waals surface area (Å²) >= 11 is 0. The monoisotopic (exact) mass is 204 g/mol. The van der Waals surface area contributed by atoms with Gasteiger partial charge in [0, 0.05) is 18.4 Å². The predicted octanol–water partition coefficient (Wildman–Crippen LogP) is 1.37. The Morgan fingerprint density at radius 1 is 1.07 bits per heavy atom. The van der Waals surface area contributed by atoms with Crippen molar-refractivity contribution < 1.29 is 14.4 Å². The van der Waals surface area contributed by atoms with Crippen LogP contribution in [0.4, 0.5) is 0 Å². The van der Waals surface area contributed by atoms with Gasteiger partial charge in [0.05, 0.1) is 0 Å². The van der Waals surface area contributed by atoms with Crippen molar-refractivity contribution in [3.63, 3.8) is 0 Å². The Morgan fingerprint density at radius 3 is 2.47 bits per heavy atom. The van der Waals surface area contributed by atoms with E-state index in [0.717, 1.165) is 30.0 Å². The molecule has 0 amide bonds. The quantitative estimate of drug-likeness (QED) is 0.657. The van der Waals surface area contributed by atoms with Gasteiger partial charge in [0.2, 0.25) is 0 Å². The first-order valence-electron chi connectivity index (χ1n) is 4.76. The second-order valence-electron chi connectivity index (χ2n) is 3.18. The average Bonchev–Trinajstić information content (AvgIpc) is 2.27. The number of rotatable bonds is 6. The molecule has 0 aliphatic rings. The van der Waals surface area contributed by atoms with E-state index in [1.165, 1.54) is 0 Å². The molecule has 0 saturated carbocycles. The molecule has 0 aliphatic carbocycles. The second-order valence-corrected chi connectivity index (χ2v) is 3.18. The van der Waals surface area contributed by atoms with Crippen LogP contribution in [0.15, 0.2) is 18.2 Å². The molecule has 0 atom stereocenters. The molecule has 0 spiro atoms. The Bertz CT molecular complexity index is 369. The molecule has 0 N–H and O–H groups in total. The van der Waals surface area contributed by atoms with Crippen molar-refractivity contribution in [2.75, 3.05) is 0 Å². The molecule has 3 nitrogen and oxygen atoms in total. The van der Waals surface area contributed by atoms with Gasteiger partial charge in [-0.25, -0.2) is 0 Å². The van der Waals surface area contributed by atoms with Crippen LogP contribution >= 0.6 is 0 Å². The van der Waals surface area contributed by atoms with E-state index in [-0.39, 0.29) is 6.42 Å². The summed E-state index contributed by atoms with van der Waals surface area (Å²) in [5.74, 6) is 0. The molecule has 0 fully saturated rings. The van der Waals surface area contributed by atoms with Crippen LogP contribution in [0.5, 0.6) is 0 Å². The van der Waals surface area contributed by atoms with Crippen molar-refractivity contribution in [2.24, 2.45) is 0 Å². The normalized spacial score (nSPS) is 9.60. The number of benzene rings is 1. The summed E-state index contributed by atoms with van der Waals surface area (Å²) in [4.78, 5) is 31.5. The fraction of sp³-hybridized carbons (Fsp3) is 0.250. The highest BCUT2D eigenvalue weighted by molar-refractivity contribution is 5.78. The fourth-order valence-corrected chi connectivity index (χ4v) is 1.55. The van der Waals surface area contributed by atoms with Crippen molar-refractivity contribution in [3.05, 3.63) is 34.9 Å². The highest BCUT2D eigenvalue weighted by atomic mass is 16.1. The van der Waals surface area contributed by atoms with Crippen LogP contribution in [0.25, 0.3) is 0 Å². The number of hydrogen-bond acceptors (Lipinski definition) is 3. The standard InChI is InChI=1S/C12H12O3/c13-7-2-5-12-10(6-8-14)3-1-4-11(12)9-15/h1,3-4,7-9H,2,5-6H2. The summed E-state index contributed by atoms with van der Waals surface area (Å²) in [6.07, 6.45) is 3.54. The van der Waals surface area contributed by atoms with E-state index in [9.17, 15) is 14.4 Å². The molecule has 0 aromatic heterocycles. The number of carbonyl (C=O) groups is 3. The second kappa shape index (κ2) is 5.86. The van der Waals surface area contributed by atoms with E-state index in [0.29, 0.717) is 18.4 Å². The zero-order valence-corrected chi connectivity index (χ0v) is 8.31. The van der Waals surface area contributed by atoms with Gasteiger partial charge in [-0.2, -0.15) is 0 Å². The molecule has 1 aromatic carbocycles. The first-order valence-corrected chi connectivity index (χ1v) is 4.76. The minimum absolute atomic E-state index is 0.288. The summed E-state index contributed by atoms with van der Waals surface area (Å²) in [6.45, 7) is 0. The van der Waals surface area contributed by atoms with Gasteiger partial charge in [0.15, 0.2) is 0 Å². The first-order chi connectivity index (χ1) is 7.33. The van der Waals surface area contributed by atoms with Crippen LogP contribution in [0, 0.1) is 0 Å². The van der Waals surface area contributed by atoms with Crippen molar-refractivity contribution in [1.82, 2.24) is 0 Å². The minimum Gasteiger partial charge on any atom is -0.303 e. The summed E-state index contributed by atoms with van der Waals surface area (Å²) in [5.41, 5.74) is 2.21. The van der Waals surface area contributed by atoms with Gasteiger partial charge in [-0.1, -0.05) is 18.2 Å². The lowest BCUT2D eigenvalue weighted by Crippen LogP contribution is -2.01. The molecule has 3 heteroatoms. The maximum absolute atomic E-state index is 10.8. The molecule has 0 unspecified atom stereocenters. The van der Waals surface area contributed by atoms with Crippen molar-refractivity contribution in [2.45, 2.75) is 19.3 Å². The summed E-state index contributed by atoms with van der Waals surface area (Å²) in [5, 5.41) is 0. The predicted molar refractivity (Wildman–Crippen MR) is 56.0 cm³/mol. The Kier molecular flexibility index (Phi) is 4.41. The summed E-state index contributed by atoms with van der Waals surface area (Å²) in [7, 11) is 0. The molecule has 1 rings (SSSR count). The Morgan fingerprint density at radius 2 is 1.87 bits per heavy atom. The summed E-state index contributed by atoms with van der Waals surface area (Å²) in [6, 6.07) is 5.25. The van der Waals surface area contributed by atoms with Crippen LogP contribution in [0.2, 0.25) is 0 Å². The molecular weight excluding hydrogens is 192 g/mol. The average molecular weight is 204 g/mol. The molecule has 15 heavy (non-hydrogen) atoms. The van der Waals surface area contributed by atoms with E-state index in [1.54, 1.807) is 12.1 Å². The molecule has 0 saturated heterocycles. The lowest BCUT2D eigenvalue weighted by atomic mass is 9.96. The largest absolute Gasteiger partial charge is 0.303 e. The molecule has 0 heterocycles. The van der Waals surface area contributed by atoms with Gasteiger partial charge in [0.25, 0.3) is 0 Å². The van der Waals surface area contributed by atoms with Gasteiger partial charge in [-0.15, -0.1) is 0 Å². The maximum Gasteiger partial charge on any atom is 0.150 e.